The molecule has 234 valence electrons. The van der Waals surface area contributed by atoms with Gasteiger partial charge in [0.2, 0.25) is 5.91 Å². The fraction of sp³-hybridized carbons (Fsp3) is 0.0476. The van der Waals surface area contributed by atoms with Crippen molar-refractivity contribution >= 4 is 90.0 Å². The number of anilines is 2. The van der Waals surface area contributed by atoms with E-state index >= 15 is 0 Å². The highest BCUT2D eigenvalue weighted by atomic mass is 16.2. The fourth-order valence-corrected chi connectivity index (χ4v) is 8.60. The first-order valence-electron chi connectivity index (χ1n) is 16.4. The molecule has 50 heavy (non-hydrogen) atoms. The zero-order valence-electron chi connectivity index (χ0n) is 26.2. The monoisotopic (exact) mass is 646 g/mol. The average molecular weight is 647 g/mol. The Morgan fingerprint density at radius 1 is 0.620 bits per heavy atom. The molecule has 4 aliphatic rings. The van der Waals surface area contributed by atoms with Crippen molar-refractivity contribution in [2.24, 2.45) is 0 Å². The molecule has 0 saturated carbocycles. The highest BCUT2D eigenvalue weighted by Crippen LogP contribution is 2.50. The minimum absolute atomic E-state index is 0.323. The number of hydrogen-bond donors (Lipinski definition) is 0. The van der Waals surface area contributed by atoms with Crippen LogP contribution in [0.2, 0.25) is 0 Å². The van der Waals surface area contributed by atoms with Gasteiger partial charge in [0, 0.05) is 45.4 Å². The molecule has 8 nitrogen and oxygen atoms in total. The van der Waals surface area contributed by atoms with Crippen LogP contribution in [0, 0.1) is 0 Å². The minimum atomic E-state index is -0.666. The van der Waals surface area contributed by atoms with Crippen LogP contribution in [-0.2, 0) is 16.0 Å². The zero-order chi connectivity index (χ0) is 33.4. The molecule has 4 heterocycles. The Labute approximate surface area is 283 Å². The second-order valence-electron chi connectivity index (χ2n) is 13.0. The van der Waals surface area contributed by atoms with E-state index in [4.69, 9.17) is 0 Å². The third kappa shape index (κ3) is 3.25. The summed E-state index contributed by atoms with van der Waals surface area (Å²) in [6.07, 6.45) is 9.53. The number of carbonyl (C=O) groups excluding carboxylic acids is 4. The van der Waals surface area contributed by atoms with Gasteiger partial charge in [-0.2, -0.15) is 0 Å². The van der Waals surface area contributed by atoms with Gasteiger partial charge in [-0.15, -0.1) is 0 Å². The number of hydrogen-bond acceptors (Lipinski definition) is 6. The number of allylic oxidation sites excluding steroid dienone is 1. The lowest BCUT2D eigenvalue weighted by atomic mass is 9.73. The SMILES string of the molecule is O=C1C2=CCc3c4c5c6c(ccc5c5ccc(c2c35)C(=O)N1c1cccc2cccnc12)C(=O)N(c1cccc2cccnc12)C(=O)C6C=C4. The first kappa shape index (κ1) is 27.2. The van der Waals surface area contributed by atoms with Crippen molar-refractivity contribution < 1.29 is 19.2 Å². The number of rotatable bonds is 2. The molecule has 5 aromatic carbocycles. The van der Waals surface area contributed by atoms with Crippen molar-refractivity contribution in [3.63, 3.8) is 0 Å². The van der Waals surface area contributed by atoms with Crippen LogP contribution < -0.4 is 9.80 Å². The van der Waals surface area contributed by atoms with Gasteiger partial charge in [-0.05, 0) is 81.1 Å². The third-order valence-electron chi connectivity index (χ3n) is 10.7. The third-order valence-corrected chi connectivity index (χ3v) is 10.7. The van der Waals surface area contributed by atoms with Crippen molar-refractivity contribution in [3.05, 3.63) is 143 Å². The Hall–Kier alpha value is -6.80. The van der Waals surface area contributed by atoms with Crippen LogP contribution in [0.3, 0.4) is 0 Å². The molecule has 0 bridgehead atoms. The summed E-state index contributed by atoms with van der Waals surface area (Å²) in [5.74, 6) is -2.16. The quantitative estimate of drug-likeness (QED) is 0.142. The van der Waals surface area contributed by atoms with Gasteiger partial charge in [0.1, 0.15) is 0 Å². The summed E-state index contributed by atoms with van der Waals surface area (Å²) in [6.45, 7) is 0. The Kier molecular flexibility index (Phi) is 5.12. The maximum Gasteiger partial charge on any atom is 0.266 e. The Balaban J connectivity index is 1.12. The van der Waals surface area contributed by atoms with Crippen LogP contribution in [0.25, 0.3) is 55.0 Å². The molecule has 0 fully saturated rings. The maximum absolute atomic E-state index is 14.3. The van der Waals surface area contributed by atoms with Gasteiger partial charge in [-0.3, -0.25) is 29.1 Å². The molecule has 1 atom stereocenters. The van der Waals surface area contributed by atoms with Crippen LogP contribution >= 0.6 is 0 Å². The molecule has 2 aromatic heterocycles. The minimum Gasteiger partial charge on any atom is -0.273 e. The Bertz CT molecular complexity index is 2890. The van der Waals surface area contributed by atoms with E-state index in [1.165, 1.54) is 9.80 Å². The average Bonchev–Trinajstić information content (AvgIpc) is 3.15. The first-order valence-corrected chi connectivity index (χ1v) is 16.4. The van der Waals surface area contributed by atoms with Gasteiger partial charge in [-0.25, -0.2) is 9.80 Å². The van der Waals surface area contributed by atoms with E-state index in [1.807, 2.05) is 78.9 Å². The van der Waals surface area contributed by atoms with E-state index in [9.17, 15) is 19.2 Å². The summed E-state index contributed by atoms with van der Waals surface area (Å²) in [4.78, 5) is 68.7. The normalized spacial score (nSPS) is 17.4. The second-order valence-corrected chi connectivity index (χ2v) is 13.0. The second kappa shape index (κ2) is 9.42. The summed E-state index contributed by atoms with van der Waals surface area (Å²) >= 11 is 0. The summed E-state index contributed by atoms with van der Waals surface area (Å²) in [5.41, 5.74) is 6.70. The van der Waals surface area contributed by atoms with E-state index in [0.29, 0.717) is 56.7 Å². The number of aromatic nitrogens is 2. The number of para-hydroxylation sites is 2. The highest BCUT2D eigenvalue weighted by Gasteiger charge is 2.44. The number of pyridine rings is 2. The Morgan fingerprint density at radius 3 is 1.96 bits per heavy atom. The van der Waals surface area contributed by atoms with Crippen molar-refractivity contribution in [1.82, 2.24) is 9.97 Å². The van der Waals surface area contributed by atoms with Crippen LogP contribution in [0.15, 0.2) is 109 Å². The molecule has 8 heteroatoms. The number of fused-ring (bicyclic) bond motifs is 4. The number of amides is 4. The lowest BCUT2D eigenvalue weighted by Gasteiger charge is -2.36. The van der Waals surface area contributed by atoms with Crippen molar-refractivity contribution in [3.8, 4) is 0 Å². The number of nitrogens with zero attached hydrogens (tertiary/aromatic N) is 4. The van der Waals surface area contributed by atoms with Crippen LogP contribution in [0.4, 0.5) is 11.4 Å². The van der Waals surface area contributed by atoms with E-state index in [2.05, 4.69) is 9.97 Å². The van der Waals surface area contributed by atoms with Crippen LogP contribution in [0.1, 0.15) is 48.9 Å². The molecule has 0 saturated heterocycles. The molecule has 11 rings (SSSR count). The van der Waals surface area contributed by atoms with E-state index in [-0.39, 0.29) is 17.7 Å². The van der Waals surface area contributed by atoms with Crippen molar-refractivity contribution in [1.29, 1.82) is 0 Å². The van der Waals surface area contributed by atoms with Crippen molar-refractivity contribution in [2.75, 3.05) is 9.80 Å². The summed E-state index contributed by atoms with van der Waals surface area (Å²) < 4.78 is 0. The standard InChI is InChI=1S/C42H22N4O4/c47-39-27-15-11-23-25-13-17-29-36-30(42(50)46(41(29)49)32-10-2-6-22-8-4-20-44-38(22)32)18-14-26(34(25)36)24-12-16-28(35(27)33(23)24)40(48)45(39)31-9-1-5-21-7-3-19-43-37(21)31/h1-13,15-20,28H,14H2. The molecule has 1 unspecified atom stereocenters. The van der Waals surface area contributed by atoms with E-state index in [0.717, 1.165) is 43.4 Å². The summed E-state index contributed by atoms with van der Waals surface area (Å²) in [6, 6.07) is 25.9. The molecular weight excluding hydrogens is 624 g/mol. The largest absolute Gasteiger partial charge is 0.273 e. The Morgan fingerprint density at radius 2 is 1.24 bits per heavy atom. The topological polar surface area (TPSA) is 101 Å². The van der Waals surface area contributed by atoms with Crippen LogP contribution in [-0.4, -0.2) is 33.6 Å². The smallest absolute Gasteiger partial charge is 0.266 e. The maximum atomic E-state index is 14.3. The van der Waals surface area contributed by atoms with Crippen molar-refractivity contribution in [2.45, 2.75) is 12.3 Å². The zero-order valence-corrected chi connectivity index (χ0v) is 26.2. The predicted molar refractivity (Wildman–Crippen MR) is 192 cm³/mol. The van der Waals surface area contributed by atoms with Gasteiger partial charge in [0.25, 0.3) is 17.7 Å². The van der Waals surface area contributed by atoms with E-state index < -0.39 is 11.8 Å². The van der Waals surface area contributed by atoms with Gasteiger partial charge in [0.05, 0.1) is 28.3 Å². The molecular formula is C42H22N4O4. The lowest BCUT2D eigenvalue weighted by molar-refractivity contribution is -0.118. The van der Waals surface area contributed by atoms with Gasteiger partial charge >= 0.3 is 0 Å². The van der Waals surface area contributed by atoms with Gasteiger partial charge < -0.3 is 0 Å². The predicted octanol–water partition coefficient (Wildman–Crippen LogP) is 7.51. The number of carbonyl (C=O) groups is 4. The lowest BCUT2D eigenvalue weighted by Crippen LogP contribution is -2.45. The highest BCUT2D eigenvalue weighted by molar-refractivity contribution is 6.45. The molecule has 0 spiro atoms. The van der Waals surface area contributed by atoms with Gasteiger partial charge in [0.15, 0.2) is 0 Å². The summed E-state index contributed by atoms with van der Waals surface area (Å²) in [5, 5.41) is 5.15. The molecule has 2 aliphatic heterocycles. The molecule has 7 aromatic rings. The summed E-state index contributed by atoms with van der Waals surface area (Å²) in [7, 11) is 0. The molecule has 0 N–H and O–H groups in total. The van der Waals surface area contributed by atoms with E-state index in [1.54, 1.807) is 36.7 Å². The fourth-order valence-electron chi connectivity index (χ4n) is 8.60. The molecule has 0 radical (unpaired) electrons. The van der Waals surface area contributed by atoms with Gasteiger partial charge in [-0.1, -0.05) is 66.8 Å². The first-order chi connectivity index (χ1) is 24.5. The molecule has 2 aliphatic carbocycles. The number of benzene rings is 5. The number of imide groups is 2. The molecule has 4 amide bonds. The van der Waals surface area contributed by atoms with Crippen LogP contribution in [0.5, 0.6) is 0 Å².